The highest BCUT2D eigenvalue weighted by Gasteiger charge is 2.11. The van der Waals surface area contributed by atoms with Gasteiger partial charge in [-0.2, -0.15) is 0 Å². The summed E-state index contributed by atoms with van der Waals surface area (Å²) < 4.78 is 6.06. The van der Waals surface area contributed by atoms with E-state index in [1.807, 2.05) is 43.3 Å². The Bertz CT molecular complexity index is 866. The summed E-state index contributed by atoms with van der Waals surface area (Å²) in [6.45, 7) is 2.04. The maximum absolute atomic E-state index is 12.3. The number of fused-ring (bicyclic) bond motifs is 1. The van der Waals surface area contributed by atoms with E-state index in [1.54, 1.807) is 13.2 Å². The quantitative estimate of drug-likeness (QED) is 0.754. The molecule has 0 unspecified atom stereocenters. The number of aromatic nitrogens is 1. The minimum atomic E-state index is -0.123. The van der Waals surface area contributed by atoms with Gasteiger partial charge in [0.2, 0.25) is 0 Å². The van der Waals surface area contributed by atoms with Gasteiger partial charge >= 0.3 is 0 Å². The van der Waals surface area contributed by atoms with Gasteiger partial charge in [-0.25, -0.2) is 0 Å². The highest BCUT2D eigenvalue weighted by atomic mass is 79.9. The molecular weight excluding hydrogens is 330 g/mol. The van der Waals surface area contributed by atoms with Crippen LogP contribution in [0, 0.1) is 6.92 Å². The van der Waals surface area contributed by atoms with Gasteiger partial charge < -0.3 is 9.72 Å². The van der Waals surface area contributed by atoms with Gasteiger partial charge in [-0.1, -0.05) is 29.8 Å². The molecule has 0 aliphatic carbocycles. The Morgan fingerprint density at radius 2 is 1.76 bits per heavy atom. The summed E-state index contributed by atoms with van der Waals surface area (Å²) in [6.07, 6.45) is 0. The van der Waals surface area contributed by atoms with E-state index in [0.29, 0.717) is 11.1 Å². The lowest BCUT2D eigenvalue weighted by Crippen LogP contribution is -2.08. The maximum atomic E-state index is 12.3. The van der Waals surface area contributed by atoms with Crippen molar-refractivity contribution in [2.45, 2.75) is 6.92 Å². The number of nitrogens with one attached hydrogen (secondary N) is 1. The third-order valence-electron chi connectivity index (χ3n) is 3.51. The highest BCUT2D eigenvalue weighted by molar-refractivity contribution is 9.10. The van der Waals surface area contributed by atoms with Crippen LogP contribution in [-0.2, 0) is 0 Å². The first-order valence-electron chi connectivity index (χ1n) is 6.56. The van der Waals surface area contributed by atoms with E-state index in [4.69, 9.17) is 4.74 Å². The van der Waals surface area contributed by atoms with Crippen LogP contribution in [0.1, 0.15) is 5.56 Å². The normalized spacial score (nSPS) is 10.8. The van der Waals surface area contributed by atoms with Crippen LogP contribution >= 0.6 is 15.9 Å². The van der Waals surface area contributed by atoms with Crippen molar-refractivity contribution in [3.8, 4) is 17.0 Å². The SMILES string of the molecule is COc1ccc2c(Br)c(-c3ccc(C)cc3)[nH]c(=O)c2c1. The van der Waals surface area contributed by atoms with Crippen molar-refractivity contribution in [1.29, 1.82) is 0 Å². The minimum Gasteiger partial charge on any atom is -0.497 e. The number of aromatic amines is 1. The molecule has 1 N–H and O–H groups in total. The second-order valence-electron chi connectivity index (χ2n) is 4.92. The molecule has 1 heterocycles. The third kappa shape index (κ3) is 2.47. The summed E-state index contributed by atoms with van der Waals surface area (Å²) in [5.74, 6) is 0.669. The van der Waals surface area contributed by atoms with Gasteiger partial charge in [0.1, 0.15) is 5.75 Å². The minimum absolute atomic E-state index is 0.123. The van der Waals surface area contributed by atoms with E-state index in [-0.39, 0.29) is 5.56 Å². The van der Waals surface area contributed by atoms with Gasteiger partial charge in [0.15, 0.2) is 0 Å². The number of hydrogen-bond acceptors (Lipinski definition) is 2. The van der Waals surface area contributed by atoms with E-state index in [2.05, 4.69) is 20.9 Å². The van der Waals surface area contributed by atoms with Crippen molar-refractivity contribution in [2.75, 3.05) is 7.11 Å². The fraction of sp³-hybridized carbons (Fsp3) is 0.118. The molecule has 0 atom stereocenters. The molecular formula is C17H14BrNO2. The first-order chi connectivity index (χ1) is 10.1. The smallest absolute Gasteiger partial charge is 0.256 e. The molecule has 21 heavy (non-hydrogen) atoms. The number of halogens is 1. The molecule has 0 amide bonds. The van der Waals surface area contributed by atoms with Crippen molar-refractivity contribution in [1.82, 2.24) is 4.98 Å². The summed E-state index contributed by atoms with van der Waals surface area (Å²) in [6, 6.07) is 13.5. The Balaban J connectivity index is 2.29. The Labute approximate surface area is 130 Å². The number of rotatable bonds is 2. The van der Waals surface area contributed by atoms with Crippen LogP contribution in [0.3, 0.4) is 0 Å². The zero-order chi connectivity index (χ0) is 15.0. The number of benzene rings is 2. The van der Waals surface area contributed by atoms with E-state index in [0.717, 1.165) is 21.1 Å². The van der Waals surface area contributed by atoms with Gasteiger partial charge in [-0.05, 0) is 46.6 Å². The molecule has 0 aliphatic heterocycles. The molecule has 2 aromatic carbocycles. The largest absolute Gasteiger partial charge is 0.497 e. The van der Waals surface area contributed by atoms with Crippen LogP contribution in [0.15, 0.2) is 51.7 Å². The van der Waals surface area contributed by atoms with Crippen LogP contribution < -0.4 is 10.3 Å². The molecule has 3 nitrogen and oxygen atoms in total. The Hall–Kier alpha value is -2.07. The van der Waals surface area contributed by atoms with Crippen LogP contribution in [0.25, 0.3) is 22.0 Å². The average molecular weight is 344 g/mol. The molecule has 0 fully saturated rings. The number of ether oxygens (including phenoxy) is 1. The lowest BCUT2D eigenvalue weighted by Gasteiger charge is -2.09. The summed E-state index contributed by atoms with van der Waals surface area (Å²) in [5, 5.41) is 1.48. The molecule has 1 aromatic heterocycles. The number of H-pyrrole nitrogens is 1. The first kappa shape index (κ1) is 13.9. The Morgan fingerprint density at radius 1 is 1.05 bits per heavy atom. The fourth-order valence-corrected chi connectivity index (χ4v) is 2.99. The summed E-state index contributed by atoms with van der Waals surface area (Å²) in [7, 11) is 1.59. The van der Waals surface area contributed by atoms with Crippen molar-refractivity contribution in [3.05, 3.63) is 62.9 Å². The van der Waals surface area contributed by atoms with Crippen molar-refractivity contribution in [3.63, 3.8) is 0 Å². The standard InChI is InChI=1S/C17H14BrNO2/c1-10-3-5-11(6-4-10)16-15(18)13-8-7-12(21-2)9-14(13)17(20)19-16/h3-9H,1-2H3,(H,19,20). The second-order valence-corrected chi connectivity index (χ2v) is 5.71. The first-order valence-corrected chi connectivity index (χ1v) is 7.36. The fourth-order valence-electron chi connectivity index (χ4n) is 2.32. The van der Waals surface area contributed by atoms with E-state index in [1.165, 1.54) is 5.56 Å². The summed E-state index contributed by atoms with van der Waals surface area (Å²) >= 11 is 3.61. The van der Waals surface area contributed by atoms with Gasteiger partial charge in [-0.3, -0.25) is 4.79 Å². The van der Waals surface area contributed by atoms with Crippen molar-refractivity contribution >= 4 is 26.7 Å². The number of pyridine rings is 1. The van der Waals surface area contributed by atoms with Crippen LogP contribution in [0.2, 0.25) is 0 Å². The van der Waals surface area contributed by atoms with Crippen molar-refractivity contribution in [2.24, 2.45) is 0 Å². The lowest BCUT2D eigenvalue weighted by atomic mass is 10.1. The van der Waals surface area contributed by atoms with E-state index >= 15 is 0 Å². The van der Waals surface area contributed by atoms with Crippen LogP contribution in [-0.4, -0.2) is 12.1 Å². The predicted octanol–water partition coefficient (Wildman–Crippen LogP) is 4.27. The molecule has 4 heteroatoms. The molecule has 0 saturated heterocycles. The number of aryl methyl sites for hydroxylation is 1. The van der Waals surface area contributed by atoms with Gasteiger partial charge in [-0.15, -0.1) is 0 Å². The van der Waals surface area contributed by atoms with Crippen molar-refractivity contribution < 1.29 is 4.74 Å². The number of hydrogen-bond donors (Lipinski definition) is 1. The zero-order valence-electron chi connectivity index (χ0n) is 11.7. The molecule has 0 aliphatic rings. The molecule has 3 rings (SSSR count). The highest BCUT2D eigenvalue weighted by Crippen LogP contribution is 2.32. The average Bonchev–Trinajstić information content (AvgIpc) is 2.51. The second kappa shape index (κ2) is 5.37. The molecule has 0 spiro atoms. The Kier molecular flexibility index (Phi) is 3.55. The predicted molar refractivity (Wildman–Crippen MR) is 89.0 cm³/mol. The van der Waals surface area contributed by atoms with Crippen LogP contribution in [0.4, 0.5) is 0 Å². The third-order valence-corrected chi connectivity index (χ3v) is 4.33. The summed E-state index contributed by atoms with van der Waals surface area (Å²) in [5.41, 5.74) is 2.82. The zero-order valence-corrected chi connectivity index (χ0v) is 13.3. The monoisotopic (exact) mass is 343 g/mol. The molecule has 106 valence electrons. The van der Waals surface area contributed by atoms with Gasteiger partial charge in [0, 0.05) is 9.86 Å². The molecule has 0 bridgehead atoms. The topological polar surface area (TPSA) is 42.1 Å². The summed E-state index contributed by atoms with van der Waals surface area (Å²) in [4.78, 5) is 15.3. The Morgan fingerprint density at radius 3 is 2.43 bits per heavy atom. The van der Waals surface area contributed by atoms with E-state index in [9.17, 15) is 4.79 Å². The molecule has 0 saturated carbocycles. The molecule has 0 radical (unpaired) electrons. The lowest BCUT2D eigenvalue weighted by molar-refractivity contribution is 0.415. The number of methoxy groups -OCH3 is 1. The maximum Gasteiger partial charge on any atom is 0.256 e. The van der Waals surface area contributed by atoms with Gasteiger partial charge in [0.25, 0.3) is 5.56 Å². The van der Waals surface area contributed by atoms with Crippen LogP contribution in [0.5, 0.6) is 5.75 Å². The van der Waals surface area contributed by atoms with Gasteiger partial charge in [0.05, 0.1) is 18.2 Å². The van der Waals surface area contributed by atoms with E-state index < -0.39 is 0 Å². The molecule has 3 aromatic rings.